The molecule has 1 unspecified atom stereocenters. The van der Waals surface area contributed by atoms with Gasteiger partial charge in [-0.3, -0.25) is 4.79 Å². The summed E-state index contributed by atoms with van der Waals surface area (Å²) in [7, 11) is -3.79. The Morgan fingerprint density at radius 3 is 2.78 bits per heavy atom. The molecule has 0 spiro atoms. The van der Waals surface area contributed by atoms with Gasteiger partial charge in [-0.15, -0.1) is 6.58 Å². The van der Waals surface area contributed by atoms with E-state index in [1.54, 1.807) is 6.08 Å². The molecular formula is C12H16N2O3S. The molecule has 0 aliphatic rings. The second kappa shape index (κ2) is 5.79. The van der Waals surface area contributed by atoms with Gasteiger partial charge in [0.25, 0.3) is 5.91 Å². The number of primary sulfonamides is 1. The average molecular weight is 268 g/mol. The summed E-state index contributed by atoms with van der Waals surface area (Å²) >= 11 is 0. The maximum absolute atomic E-state index is 11.8. The third-order valence-corrected chi connectivity index (χ3v) is 3.23. The Bertz CT molecular complexity index is 552. The molecule has 0 aliphatic heterocycles. The predicted molar refractivity (Wildman–Crippen MR) is 69.6 cm³/mol. The highest BCUT2D eigenvalue weighted by molar-refractivity contribution is 7.89. The number of carbonyl (C=O) groups excluding carboxylic acids is 1. The topological polar surface area (TPSA) is 89.3 Å². The molecule has 1 aromatic carbocycles. The first kappa shape index (κ1) is 14.4. The van der Waals surface area contributed by atoms with Gasteiger partial charge < -0.3 is 5.32 Å². The molecule has 1 aromatic rings. The van der Waals surface area contributed by atoms with E-state index in [0.717, 1.165) is 0 Å². The second-order valence-electron chi connectivity index (χ2n) is 3.97. The highest BCUT2D eigenvalue weighted by Gasteiger charge is 2.13. The molecule has 98 valence electrons. The number of carbonyl (C=O) groups is 1. The van der Waals surface area contributed by atoms with Crippen molar-refractivity contribution in [2.75, 3.05) is 0 Å². The van der Waals surface area contributed by atoms with Crippen LogP contribution >= 0.6 is 0 Å². The van der Waals surface area contributed by atoms with Gasteiger partial charge in [0.05, 0.1) is 4.90 Å². The van der Waals surface area contributed by atoms with E-state index in [0.29, 0.717) is 6.42 Å². The molecule has 0 aliphatic carbocycles. The van der Waals surface area contributed by atoms with Crippen LogP contribution in [0.15, 0.2) is 41.8 Å². The Labute approximate surface area is 107 Å². The molecule has 0 bridgehead atoms. The van der Waals surface area contributed by atoms with Crippen molar-refractivity contribution >= 4 is 15.9 Å². The molecule has 0 heterocycles. The van der Waals surface area contributed by atoms with Crippen LogP contribution in [0.3, 0.4) is 0 Å². The van der Waals surface area contributed by atoms with Crippen LogP contribution in [-0.2, 0) is 10.0 Å². The molecule has 5 nitrogen and oxygen atoms in total. The zero-order valence-electron chi connectivity index (χ0n) is 10.1. The highest BCUT2D eigenvalue weighted by Crippen LogP contribution is 2.10. The van der Waals surface area contributed by atoms with Crippen molar-refractivity contribution in [3.05, 3.63) is 42.5 Å². The molecule has 0 saturated carbocycles. The van der Waals surface area contributed by atoms with Crippen LogP contribution in [0.1, 0.15) is 23.7 Å². The van der Waals surface area contributed by atoms with E-state index in [-0.39, 0.29) is 22.4 Å². The molecule has 3 N–H and O–H groups in total. The quantitative estimate of drug-likeness (QED) is 0.781. The molecule has 0 radical (unpaired) electrons. The number of amides is 1. The van der Waals surface area contributed by atoms with Crippen molar-refractivity contribution in [3.63, 3.8) is 0 Å². The smallest absolute Gasteiger partial charge is 0.251 e. The SMILES string of the molecule is C=CCC(C)NC(=O)c1cccc(S(N)(=O)=O)c1. The van der Waals surface area contributed by atoms with Crippen LogP contribution in [-0.4, -0.2) is 20.4 Å². The first-order chi connectivity index (χ1) is 8.34. The van der Waals surface area contributed by atoms with Crippen molar-refractivity contribution in [2.24, 2.45) is 5.14 Å². The van der Waals surface area contributed by atoms with Gasteiger partial charge in [0.1, 0.15) is 0 Å². The lowest BCUT2D eigenvalue weighted by atomic mass is 10.2. The predicted octanol–water partition coefficient (Wildman–Crippen LogP) is 1.03. The summed E-state index contributed by atoms with van der Waals surface area (Å²) < 4.78 is 22.3. The Morgan fingerprint density at radius 2 is 2.22 bits per heavy atom. The lowest BCUT2D eigenvalue weighted by molar-refractivity contribution is 0.0940. The maximum atomic E-state index is 11.8. The average Bonchev–Trinajstić information content (AvgIpc) is 2.28. The lowest BCUT2D eigenvalue weighted by Gasteiger charge is -2.12. The number of rotatable bonds is 5. The number of hydrogen-bond acceptors (Lipinski definition) is 3. The van der Waals surface area contributed by atoms with Crippen LogP contribution in [0.25, 0.3) is 0 Å². The van der Waals surface area contributed by atoms with E-state index in [9.17, 15) is 13.2 Å². The van der Waals surface area contributed by atoms with Crippen molar-refractivity contribution in [1.29, 1.82) is 0 Å². The van der Waals surface area contributed by atoms with Gasteiger partial charge in [-0.05, 0) is 31.5 Å². The maximum Gasteiger partial charge on any atom is 0.251 e. The van der Waals surface area contributed by atoms with Crippen molar-refractivity contribution in [2.45, 2.75) is 24.3 Å². The molecule has 0 fully saturated rings. The zero-order chi connectivity index (χ0) is 13.8. The largest absolute Gasteiger partial charge is 0.349 e. The van der Waals surface area contributed by atoms with Crippen LogP contribution in [0, 0.1) is 0 Å². The number of sulfonamides is 1. The van der Waals surface area contributed by atoms with Crippen LogP contribution in [0.4, 0.5) is 0 Å². The van der Waals surface area contributed by atoms with E-state index in [1.807, 2.05) is 6.92 Å². The Morgan fingerprint density at radius 1 is 1.56 bits per heavy atom. The van der Waals surface area contributed by atoms with Crippen molar-refractivity contribution in [3.8, 4) is 0 Å². The van der Waals surface area contributed by atoms with Crippen LogP contribution in [0.2, 0.25) is 0 Å². The third kappa shape index (κ3) is 3.97. The summed E-state index contributed by atoms with van der Waals surface area (Å²) in [4.78, 5) is 11.8. The summed E-state index contributed by atoms with van der Waals surface area (Å²) in [6.07, 6.45) is 2.34. The van der Waals surface area contributed by atoms with E-state index in [1.165, 1.54) is 24.3 Å². The lowest BCUT2D eigenvalue weighted by Crippen LogP contribution is -2.32. The second-order valence-corrected chi connectivity index (χ2v) is 5.53. The van der Waals surface area contributed by atoms with Gasteiger partial charge in [0, 0.05) is 11.6 Å². The monoisotopic (exact) mass is 268 g/mol. The minimum absolute atomic E-state index is 0.0619. The summed E-state index contributed by atoms with van der Waals surface area (Å²) in [5, 5.41) is 7.73. The number of hydrogen-bond donors (Lipinski definition) is 2. The van der Waals surface area contributed by atoms with Gasteiger partial charge in [-0.1, -0.05) is 12.1 Å². The van der Waals surface area contributed by atoms with Crippen LogP contribution in [0.5, 0.6) is 0 Å². The van der Waals surface area contributed by atoms with E-state index in [4.69, 9.17) is 5.14 Å². The first-order valence-corrected chi connectivity index (χ1v) is 6.94. The zero-order valence-corrected chi connectivity index (χ0v) is 10.9. The normalized spacial score (nSPS) is 12.8. The van der Waals surface area contributed by atoms with Gasteiger partial charge in [0.15, 0.2) is 0 Å². The van der Waals surface area contributed by atoms with Crippen molar-refractivity contribution in [1.82, 2.24) is 5.32 Å². The third-order valence-electron chi connectivity index (χ3n) is 2.32. The molecule has 6 heteroatoms. The highest BCUT2D eigenvalue weighted by atomic mass is 32.2. The number of benzene rings is 1. The van der Waals surface area contributed by atoms with Gasteiger partial charge in [-0.25, -0.2) is 13.6 Å². The Hall–Kier alpha value is -1.66. The van der Waals surface area contributed by atoms with E-state index >= 15 is 0 Å². The first-order valence-electron chi connectivity index (χ1n) is 5.39. The molecule has 0 saturated heterocycles. The van der Waals surface area contributed by atoms with Crippen molar-refractivity contribution < 1.29 is 13.2 Å². The standard InChI is InChI=1S/C12H16N2O3S/c1-3-5-9(2)14-12(15)10-6-4-7-11(8-10)18(13,16)17/h3-4,6-9H,1,5H2,2H3,(H,14,15)(H2,13,16,17). The number of nitrogens with one attached hydrogen (secondary N) is 1. The fraction of sp³-hybridized carbons (Fsp3) is 0.250. The summed E-state index contributed by atoms with van der Waals surface area (Å²) in [5.74, 6) is -0.338. The summed E-state index contributed by atoms with van der Waals surface area (Å²) in [6, 6.07) is 5.55. The summed E-state index contributed by atoms with van der Waals surface area (Å²) in [6.45, 7) is 5.42. The van der Waals surface area contributed by atoms with Gasteiger partial charge in [0.2, 0.25) is 10.0 Å². The Kier molecular flexibility index (Phi) is 4.63. The minimum atomic E-state index is -3.79. The fourth-order valence-corrected chi connectivity index (χ4v) is 1.99. The molecule has 1 amide bonds. The molecule has 1 rings (SSSR count). The van der Waals surface area contributed by atoms with E-state index in [2.05, 4.69) is 11.9 Å². The Balaban J connectivity index is 2.90. The van der Waals surface area contributed by atoms with E-state index < -0.39 is 10.0 Å². The molecule has 1 atom stereocenters. The number of nitrogens with two attached hydrogens (primary N) is 1. The minimum Gasteiger partial charge on any atom is -0.349 e. The summed E-state index contributed by atoms with van der Waals surface area (Å²) in [5.41, 5.74) is 0.262. The van der Waals surface area contributed by atoms with Gasteiger partial charge >= 0.3 is 0 Å². The molecule has 0 aromatic heterocycles. The fourth-order valence-electron chi connectivity index (χ4n) is 1.43. The molecule has 18 heavy (non-hydrogen) atoms. The van der Waals surface area contributed by atoms with Crippen LogP contribution < -0.4 is 10.5 Å². The molecular weight excluding hydrogens is 252 g/mol. The van der Waals surface area contributed by atoms with Gasteiger partial charge in [-0.2, -0.15) is 0 Å².